The van der Waals surface area contributed by atoms with Crippen LogP contribution in [0.1, 0.15) is 39.5 Å². The number of hydrogen-bond donors (Lipinski definition) is 3. The molecule has 1 fully saturated rings. The highest BCUT2D eigenvalue weighted by molar-refractivity contribution is 5.86. The van der Waals surface area contributed by atoms with Gasteiger partial charge in [-0.15, -0.1) is 0 Å². The second kappa shape index (κ2) is 5.47. The summed E-state index contributed by atoms with van der Waals surface area (Å²) < 4.78 is 0. The number of nitrogens with one attached hydrogen (secondary N) is 2. The minimum Gasteiger partial charge on any atom is -0.354 e. The summed E-state index contributed by atoms with van der Waals surface area (Å²) >= 11 is 0. The van der Waals surface area contributed by atoms with E-state index in [1.54, 1.807) is 0 Å². The van der Waals surface area contributed by atoms with Gasteiger partial charge < -0.3 is 16.4 Å². The summed E-state index contributed by atoms with van der Waals surface area (Å²) in [5.41, 5.74) is 5.32. The molecule has 0 aliphatic carbocycles. The van der Waals surface area contributed by atoms with Crippen LogP contribution in [0.3, 0.4) is 0 Å². The number of rotatable bonds is 5. The first-order chi connectivity index (χ1) is 7.10. The molecule has 0 bridgehead atoms. The molecule has 4 nitrogen and oxygen atoms in total. The van der Waals surface area contributed by atoms with Crippen LogP contribution in [0.4, 0.5) is 0 Å². The van der Waals surface area contributed by atoms with Crippen LogP contribution in [0.25, 0.3) is 0 Å². The largest absolute Gasteiger partial charge is 0.354 e. The van der Waals surface area contributed by atoms with Gasteiger partial charge in [0.25, 0.3) is 0 Å². The first kappa shape index (κ1) is 12.5. The zero-order chi connectivity index (χ0) is 11.3. The molecule has 4 N–H and O–H groups in total. The number of carbonyl (C=O) groups excluding carboxylic acids is 1. The monoisotopic (exact) mass is 213 g/mol. The minimum atomic E-state index is -0.308. The maximum Gasteiger partial charge on any atom is 0.240 e. The van der Waals surface area contributed by atoms with Gasteiger partial charge in [0.2, 0.25) is 5.91 Å². The SMILES string of the molecule is CCC1(C(=O)NCCC(C)N)CCCN1. The molecule has 88 valence electrons. The van der Waals surface area contributed by atoms with E-state index in [1.807, 2.05) is 6.92 Å². The first-order valence-electron chi connectivity index (χ1n) is 5.89. The maximum atomic E-state index is 12.0. The summed E-state index contributed by atoms with van der Waals surface area (Å²) in [6, 6.07) is 0.152. The number of carbonyl (C=O) groups is 1. The van der Waals surface area contributed by atoms with Crippen molar-refractivity contribution in [3.05, 3.63) is 0 Å². The molecule has 1 heterocycles. The van der Waals surface area contributed by atoms with Gasteiger partial charge >= 0.3 is 0 Å². The Morgan fingerprint density at radius 3 is 2.87 bits per heavy atom. The Morgan fingerprint density at radius 1 is 1.67 bits per heavy atom. The van der Waals surface area contributed by atoms with Crippen molar-refractivity contribution in [2.75, 3.05) is 13.1 Å². The van der Waals surface area contributed by atoms with E-state index in [1.165, 1.54) is 0 Å². The predicted molar refractivity (Wildman–Crippen MR) is 61.5 cm³/mol. The van der Waals surface area contributed by atoms with E-state index in [4.69, 9.17) is 5.73 Å². The second-order valence-corrected chi connectivity index (χ2v) is 4.49. The first-order valence-corrected chi connectivity index (χ1v) is 5.89. The normalized spacial score (nSPS) is 27.7. The highest BCUT2D eigenvalue weighted by atomic mass is 16.2. The average molecular weight is 213 g/mol. The van der Waals surface area contributed by atoms with Gasteiger partial charge in [0.1, 0.15) is 0 Å². The van der Waals surface area contributed by atoms with Crippen LogP contribution in [0.15, 0.2) is 0 Å². The zero-order valence-corrected chi connectivity index (χ0v) is 9.81. The highest BCUT2D eigenvalue weighted by Gasteiger charge is 2.38. The van der Waals surface area contributed by atoms with Crippen LogP contribution in [-0.4, -0.2) is 30.6 Å². The fourth-order valence-corrected chi connectivity index (χ4v) is 2.04. The van der Waals surface area contributed by atoms with Crippen LogP contribution in [0.5, 0.6) is 0 Å². The fourth-order valence-electron chi connectivity index (χ4n) is 2.04. The van der Waals surface area contributed by atoms with E-state index in [0.29, 0.717) is 6.54 Å². The summed E-state index contributed by atoms with van der Waals surface area (Å²) in [7, 11) is 0. The Labute approximate surface area is 92.0 Å². The van der Waals surface area contributed by atoms with Crippen molar-refractivity contribution < 1.29 is 4.79 Å². The van der Waals surface area contributed by atoms with Crippen LogP contribution >= 0.6 is 0 Å². The Morgan fingerprint density at radius 2 is 2.40 bits per heavy atom. The molecule has 0 radical (unpaired) electrons. The van der Waals surface area contributed by atoms with Gasteiger partial charge in [0, 0.05) is 12.6 Å². The van der Waals surface area contributed by atoms with E-state index in [2.05, 4.69) is 17.6 Å². The summed E-state index contributed by atoms with van der Waals surface area (Å²) in [6.45, 7) is 5.65. The van der Waals surface area contributed by atoms with Crippen molar-refractivity contribution >= 4 is 5.91 Å². The summed E-state index contributed by atoms with van der Waals surface area (Å²) in [5, 5.41) is 6.28. The second-order valence-electron chi connectivity index (χ2n) is 4.49. The summed E-state index contributed by atoms with van der Waals surface area (Å²) in [4.78, 5) is 12.0. The molecule has 0 aromatic carbocycles. The minimum absolute atomic E-state index is 0.142. The highest BCUT2D eigenvalue weighted by Crippen LogP contribution is 2.22. The van der Waals surface area contributed by atoms with Crippen LogP contribution in [0.2, 0.25) is 0 Å². The molecular weight excluding hydrogens is 190 g/mol. The molecule has 1 saturated heterocycles. The van der Waals surface area contributed by atoms with Crippen molar-refractivity contribution in [2.24, 2.45) is 5.73 Å². The lowest BCUT2D eigenvalue weighted by atomic mass is 9.93. The topological polar surface area (TPSA) is 67.2 Å². The average Bonchev–Trinajstić information content (AvgIpc) is 2.66. The van der Waals surface area contributed by atoms with Crippen molar-refractivity contribution in [1.29, 1.82) is 0 Å². The Kier molecular flexibility index (Phi) is 4.54. The van der Waals surface area contributed by atoms with E-state index in [-0.39, 0.29) is 17.5 Å². The van der Waals surface area contributed by atoms with E-state index in [9.17, 15) is 4.79 Å². The number of hydrogen-bond acceptors (Lipinski definition) is 3. The maximum absolute atomic E-state index is 12.0. The molecule has 1 aliphatic heterocycles. The molecule has 4 heteroatoms. The van der Waals surface area contributed by atoms with Gasteiger partial charge in [0.15, 0.2) is 0 Å². The van der Waals surface area contributed by atoms with Crippen LogP contribution in [0, 0.1) is 0 Å². The Hall–Kier alpha value is -0.610. The van der Waals surface area contributed by atoms with Gasteiger partial charge in [-0.05, 0) is 39.2 Å². The van der Waals surface area contributed by atoms with Gasteiger partial charge in [-0.25, -0.2) is 0 Å². The third kappa shape index (κ3) is 3.18. The molecule has 15 heavy (non-hydrogen) atoms. The molecule has 0 aromatic rings. The quantitative estimate of drug-likeness (QED) is 0.618. The summed E-state index contributed by atoms with van der Waals surface area (Å²) in [6.07, 6.45) is 3.74. The van der Waals surface area contributed by atoms with Gasteiger partial charge in [-0.1, -0.05) is 6.92 Å². The molecule has 0 spiro atoms. The van der Waals surface area contributed by atoms with Crippen molar-refractivity contribution in [1.82, 2.24) is 10.6 Å². The molecule has 1 rings (SSSR count). The van der Waals surface area contributed by atoms with Crippen LogP contribution in [-0.2, 0) is 4.79 Å². The van der Waals surface area contributed by atoms with Crippen LogP contribution < -0.4 is 16.4 Å². The molecule has 1 amide bonds. The summed E-state index contributed by atoms with van der Waals surface area (Å²) in [5.74, 6) is 0.142. The standard InChI is InChI=1S/C11H23N3O/c1-3-11(6-4-7-14-11)10(15)13-8-5-9(2)12/h9,14H,3-8,12H2,1-2H3,(H,13,15). The molecule has 1 aliphatic rings. The van der Waals surface area contributed by atoms with Crippen molar-refractivity contribution in [2.45, 2.75) is 51.1 Å². The van der Waals surface area contributed by atoms with Gasteiger partial charge in [-0.2, -0.15) is 0 Å². The Balaban J connectivity index is 2.37. The predicted octanol–water partition coefficient (Wildman–Crippen LogP) is 0.372. The lowest BCUT2D eigenvalue weighted by Gasteiger charge is -2.26. The third-order valence-corrected chi connectivity index (χ3v) is 3.17. The molecular formula is C11H23N3O. The van der Waals surface area contributed by atoms with E-state index in [0.717, 1.165) is 32.2 Å². The van der Waals surface area contributed by atoms with Gasteiger partial charge in [0.05, 0.1) is 5.54 Å². The number of nitrogens with two attached hydrogens (primary N) is 1. The van der Waals surface area contributed by atoms with E-state index < -0.39 is 0 Å². The molecule has 0 saturated carbocycles. The molecule has 2 unspecified atom stereocenters. The molecule has 0 aromatic heterocycles. The number of amides is 1. The lowest BCUT2D eigenvalue weighted by Crippen LogP contribution is -2.53. The molecule has 2 atom stereocenters. The van der Waals surface area contributed by atoms with Gasteiger partial charge in [-0.3, -0.25) is 4.79 Å². The Bertz CT molecular complexity index is 210. The fraction of sp³-hybridized carbons (Fsp3) is 0.909. The zero-order valence-electron chi connectivity index (χ0n) is 9.81. The lowest BCUT2D eigenvalue weighted by molar-refractivity contribution is -0.127. The van der Waals surface area contributed by atoms with E-state index >= 15 is 0 Å². The van der Waals surface area contributed by atoms with Crippen molar-refractivity contribution in [3.63, 3.8) is 0 Å². The third-order valence-electron chi connectivity index (χ3n) is 3.17. The smallest absolute Gasteiger partial charge is 0.240 e. The van der Waals surface area contributed by atoms with Crippen molar-refractivity contribution in [3.8, 4) is 0 Å².